The molecule has 1 heterocycles. The van der Waals surface area contributed by atoms with Gasteiger partial charge in [0.15, 0.2) is 9.84 Å². The highest BCUT2D eigenvalue weighted by molar-refractivity contribution is 7.90. The Morgan fingerprint density at radius 2 is 1.68 bits per heavy atom. The zero-order valence-corrected chi connectivity index (χ0v) is 18.5. The van der Waals surface area contributed by atoms with Crippen LogP contribution in [0.15, 0.2) is 83.9 Å². The Labute approximate surface area is 186 Å². The van der Waals surface area contributed by atoms with Crippen LogP contribution in [0.4, 0.5) is 5.69 Å². The molecule has 0 spiro atoms. The Balaban J connectivity index is 1.65. The number of sulfone groups is 1. The summed E-state index contributed by atoms with van der Waals surface area (Å²) in [4.78, 5) is 12.9. The van der Waals surface area contributed by atoms with E-state index in [1.807, 2.05) is 37.3 Å². The van der Waals surface area contributed by atoms with Crippen molar-refractivity contribution in [1.29, 1.82) is 0 Å². The molecule has 0 aliphatic heterocycles. The molecule has 0 aliphatic carbocycles. The predicted molar refractivity (Wildman–Crippen MR) is 124 cm³/mol. The molecule has 0 saturated carbocycles. The van der Waals surface area contributed by atoms with Gasteiger partial charge in [0.1, 0.15) is 6.54 Å². The van der Waals surface area contributed by atoms with Crippen LogP contribution in [0.5, 0.6) is 0 Å². The van der Waals surface area contributed by atoms with Gasteiger partial charge in [0, 0.05) is 27.8 Å². The van der Waals surface area contributed by atoms with E-state index in [-0.39, 0.29) is 23.1 Å². The number of aromatic nitrogens is 1. The molecule has 158 valence electrons. The van der Waals surface area contributed by atoms with Crippen LogP contribution in [0.3, 0.4) is 0 Å². The molecule has 0 fully saturated rings. The molecule has 1 amide bonds. The van der Waals surface area contributed by atoms with Gasteiger partial charge in [-0.2, -0.15) is 0 Å². The van der Waals surface area contributed by atoms with Crippen LogP contribution in [-0.4, -0.2) is 18.9 Å². The molecular weight excluding hydrogens is 432 g/mol. The molecule has 4 rings (SSSR count). The summed E-state index contributed by atoms with van der Waals surface area (Å²) < 4.78 is 28.0. The van der Waals surface area contributed by atoms with Crippen LogP contribution in [0.2, 0.25) is 5.02 Å². The molecule has 0 saturated heterocycles. The lowest BCUT2D eigenvalue weighted by molar-refractivity contribution is -0.116. The molecule has 4 aromatic rings. The molecule has 31 heavy (non-hydrogen) atoms. The van der Waals surface area contributed by atoms with E-state index in [4.69, 9.17) is 11.6 Å². The van der Waals surface area contributed by atoms with Crippen molar-refractivity contribution in [1.82, 2.24) is 4.57 Å². The molecule has 0 unspecified atom stereocenters. The van der Waals surface area contributed by atoms with Gasteiger partial charge in [0.2, 0.25) is 5.91 Å². The molecule has 0 bridgehead atoms. The predicted octanol–water partition coefficient (Wildman–Crippen LogP) is 5.22. The number of nitrogens with zero attached hydrogens (tertiary/aromatic N) is 1. The van der Waals surface area contributed by atoms with Crippen molar-refractivity contribution >= 4 is 43.9 Å². The van der Waals surface area contributed by atoms with Crippen molar-refractivity contribution in [3.05, 3.63) is 95.1 Å². The lowest BCUT2D eigenvalue weighted by atomic mass is 10.2. The van der Waals surface area contributed by atoms with Crippen molar-refractivity contribution < 1.29 is 13.2 Å². The van der Waals surface area contributed by atoms with Crippen LogP contribution < -0.4 is 5.32 Å². The summed E-state index contributed by atoms with van der Waals surface area (Å²) in [6, 6.07) is 21.6. The molecule has 1 N–H and O–H groups in total. The summed E-state index contributed by atoms with van der Waals surface area (Å²) in [7, 11) is -3.60. The fourth-order valence-electron chi connectivity index (χ4n) is 3.55. The van der Waals surface area contributed by atoms with Gasteiger partial charge < -0.3 is 9.88 Å². The summed E-state index contributed by atoms with van der Waals surface area (Å²) >= 11 is 6.13. The second kappa shape index (κ2) is 8.57. The highest BCUT2D eigenvalue weighted by atomic mass is 35.5. The Bertz CT molecular complexity index is 1360. The highest BCUT2D eigenvalue weighted by Gasteiger charge is 2.22. The van der Waals surface area contributed by atoms with E-state index in [0.717, 1.165) is 5.56 Å². The minimum Gasteiger partial charge on any atom is -0.337 e. The van der Waals surface area contributed by atoms with Crippen LogP contribution in [0.25, 0.3) is 10.9 Å². The molecule has 5 nitrogen and oxygen atoms in total. The molecule has 0 atom stereocenters. The Morgan fingerprint density at radius 3 is 2.45 bits per heavy atom. The summed E-state index contributed by atoms with van der Waals surface area (Å²) in [5, 5.41) is 4.03. The molecule has 1 aromatic heterocycles. The largest absolute Gasteiger partial charge is 0.337 e. The maximum Gasteiger partial charge on any atom is 0.244 e. The van der Waals surface area contributed by atoms with Crippen molar-refractivity contribution in [2.75, 3.05) is 5.32 Å². The Kier molecular flexibility index (Phi) is 5.85. The van der Waals surface area contributed by atoms with Crippen LogP contribution >= 0.6 is 11.6 Å². The number of carbonyl (C=O) groups is 1. The van der Waals surface area contributed by atoms with E-state index in [9.17, 15) is 13.2 Å². The Hall–Kier alpha value is -3.09. The smallest absolute Gasteiger partial charge is 0.244 e. The number of carbonyl (C=O) groups excluding carboxylic acids is 1. The van der Waals surface area contributed by atoms with E-state index in [0.29, 0.717) is 27.2 Å². The number of rotatable bonds is 6. The standard InChI is InChI=1S/C24H21ClN2O3S/c1-17-20(25)11-7-12-21(17)26-24(28)15-27-14-23(19-10-5-6-13-22(19)27)31(29,30)16-18-8-3-2-4-9-18/h2-14H,15-16H2,1H3,(H,26,28). The topological polar surface area (TPSA) is 68.2 Å². The normalized spacial score (nSPS) is 11.5. The maximum atomic E-state index is 13.2. The number of halogens is 1. The SMILES string of the molecule is Cc1c(Cl)cccc1NC(=O)Cn1cc(S(=O)(=O)Cc2ccccc2)c2ccccc21. The van der Waals surface area contributed by atoms with Gasteiger partial charge in [-0.3, -0.25) is 4.79 Å². The summed E-state index contributed by atoms with van der Waals surface area (Å²) in [6.45, 7) is 1.81. The second-order valence-corrected chi connectivity index (χ2v) is 9.71. The van der Waals surface area contributed by atoms with Gasteiger partial charge in [0.25, 0.3) is 0 Å². The molecule has 0 aliphatic rings. The molecule has 0 radical (unpaired) electrons. The van der Waals surface area contributed by atoms with Gasteiger partial charge in [-0.1, -0.05) is 66.2 Å². The van der Waals surface area contributed by atoms with Gasteiger partial charge in [-0.05, 0) is 36.2 Å². The van der Waals surface area contributed by atoms with Crippen molar-refractivity contribution in [3.8, 4) is 0 Å². The van der Waals surface area contributed by atoms with E-state index < -0.39 is 9.84 Å². The third kappa shape index (κ3) is 4.50. The minimum atomic E-state index is -3.60. The minimum absolute atomic E-state index is 0.0205. The average Bonchev–Trinajstić information content (AvgIpc) is 3.11. The van der Waals surface area contributed by atoms with E-state index >= 15 is 0 Å². The summed E-state index contributed by atoms with van der Waals surface area (Å²) in [5.41, 5.74) is 2.81. The first kappa shape index (κ1) is 21.2. The number of para-hydroxylation sites is 1. The number of hydrogen-bond acceptors (Lipinski definition) is 3. The Morgan fingerprint density at radius 1 is 0.968 bits per heavy atom. The number of anilines is 1. The first-order chi connectivity index (χ1) is 14.8. The fourth-order valence-corrected chi connectivity index (χ4v) is 5.31. The molecule has 7 heteroatoms. The van der Waals surface area contributed by atoms with Crippen molar-refractivity contribution in [3.63, 3.8) is 0 Å². The van der Waals surface area contributed by atoms with Gasteiger partial charge in [-0.15, -0.1) is 0 Å². The average molecular weight is 453 g/mol. The van der Waals surface area contributed by atoms with Crippen LogP contribution in [0, 0.1) is 6.92 Å². The lowest BCUT2D eigenvalue weighted by Gasteiger charge is -2.10. The van der Waals surface area contributed by atoms with Gasteiger partial charge in [-0.25, -0.2) is 8.42 Å². The molecule has 3 aromatic carbocycles. The highest BCUT2D eigenvalue weighted by Crippen LogP contribution is 2.28. The number of nitrogens with one attached hydrogen (secondary N) is 1. The third-order valence-corrected chi connectivity index (χ3v) is 7.26. The number of amides is 1. The van der Waals surface area contributed by atoms with Crippen molar-refractivity contribution in [2.24, 2.45) is 0 Å². The third-order valence-electron chi connectivity index (χ3n) is 5.14. The number of hydrogen-bond donors (Lipinski definition) is 1. The zero-order chi connectivity index (χ0) is 22.0. The van der Waals surface area contributed by atoms with E-state index in [1.165, 1.54) is 0 Å². The van der Waals surface area contributed by atoms with Crippen LogP contribution in [0.1, 0.15) is 11.1 Å². The van der Waals surface area contributed by atoms with Gasteiger partial charge >= 0.3 is 0 Å². The fraction of sp³-hybridized carbons (Fsp3) is 0.125. The quantitative estimate of drug-likeness (QED) is 0.436. The lowest BCUT2D eigenvalue weighted by Crippen LogP contribution is -2.19. The van der Waals surface area contributed by atoms with Crippen LogP contribution in [-0.2, 0) is 26.9 Å². The first-order valence-corrected chi connectivity index (χ1v) is 11.8. The van der Waals surface area contributed by atoms with E-state index in [2.05, 4.69) is 5.32 Å². The molecular formula is C24H21ClN2O3S. The van der Waals surface area contributed by atoms with Gasteiger partial charge in [0.05, 0.1) is 10.6 Å². The maximum absolute atomic E-state index is 13.2. The number of fused-ring (bicyclic) bond motifs is 1. The monoisotopic (exact) mass is 452 g/mol. The summed E-state index contributed by atoms with van der Waals surface area (Å²) in [6.07, 6.45) is 1.55. The van der Waals surface area contributed by atoms with Crippen molar-refractivity contribution in [2.45, 2.75) is 24.1 Å². The number of benzene rings is 3. The second-order valence-electron chi connectivity index (χ2n) is 7.34. The van der Waals surface area contributed by atoms with E-state index in [1.54, 1.807) is 53.2 Å². The summed E-state index contributed by atoms with van der Waals surface area (Å²) in [5.74, 6) is -0.367. The first-order valence-electron chi connectivity index (χ1n) is 9.75. The zero-order valence-electron chi connectivity index (χ0n) is 16.9.